The molecule has 0 fully saturated rings. The van der Waals surface area contributed by atoms with Crippen LogP contribution in [0.4, 0.5) is 0 Å². The van der Waals surface area contributed by atoms with Crippen LogP contribution in [0.2, 0.25) is 0 Å². The Morgan fingerprint density at radius 2 is 1.57 bits per heavy atom. The summed E-state index contributed by atoms with van der Waals surface area (Å²) in [7, 11) is 9.87. The molecular weight excluding hydrogens is 462 g/mol. The quantitative estimate of drug-likeness (QED) is 0.352. The average molecular weight is 494 g/mol. The van der Waals surface area contributed by atoms with Crippen molar-refractivity contribution in [2.75, 3.05) is 0 Å². The molecule has 0 spiro atoms. The van der Waals surface area contributed by atoms with E-state index in [1.165, 1.54) is 65.5 Å². The zero-order valence-electron chi connectivity index (χ0n) is 17.5. The molecule has 1 aliphatic rings. The molecule has 0 aliphatic heterocycles. The zero-order valence-corrected chi connectivity index (χ0v) is 21.5. The number of hydrogen-bond donors (Lipinski definition) is 0. The fraction of sp³-hybridized carbons (Fsp3) is 0.400. The van der Waals surface area contributed by atoms with Crippen LogP contribution in [-0.2, 0) is 26.3 Å². The molecule has 0 aromatic heterocycles. The molecule has 3 heteroatoms. The number of fused-ring (bicyclic) bond motifs is 1. The molecule has 0 unspecified atom stereocenters. The summed E-state index contributed by atoms with van der Waals surface area (Å²) in [6, 6.07) is 15.8. The fourth-order valence-corrected chi connectivity index (χ4v) is 3.60. The molecule has 0 atom stereocenters. The van der Waals surface area contributed by atoms with Crippen molar-refractivity contribution in [1.82, 2.24) is 0 Å². The van der Waals surface area contributed by atoms with Gasteiger partial charge in [0.1, 0.15) is 0 Å². The van der Waals surface area contributed by atoms with Crippen LogP contribution in [0, 0.1) is 6.42 Å². The molecule has 2 aromatic carbocycles. The molecule has 0 heterocycles. The van der Waals surface area contributed by atoms with Crippen molar-refractivity contribution >= 4 is 23.1 Å². The summed E-state index contributed by atoms with van der Waals surface area (Å²) in [6.45, 7) is 9.08. The van der Waals surface area contributed by atoms with Crippen LogP contribution >= 0.6 is 17.0 Å². The molecule has 0 saturated carbocycles. The molecule has 149 valence electrons. The van der Waals surface area contributed by atoms with E-state index in [9.17, 15) is 0 Å². The number of rotatable bonds is 6. The van der Waals surface area contributed by atoms with Gasteiger partial charge >= 0.3 is 37.9 Å². The Kier molecular flexibility index (Phi) is 10.0. The Hall–Kier alpha value is -0.357. The van der Waals surface area contributed by atoms with Gasteiger partial charge in [-0.05, 0) is 46.1 Å². The summed E-state index contributed by atoms with van der Waals surface area (Å²) in [5, 5.41) is 0. The first-order chi connectivity index (χ1) is 13.4. The van der Waals surface area contributed by atoms with E-state index < -0.39 is 20.8 Å². The van der Waals surface area contributed by atoms with Gasteiger partial charge in [-0.2, -0.15) is 0 Å². The van der Waals surface area contributed by atoms with Crippen LogP contribution in [-0.4, -0.2) is 0 Å². The molecule has 1 radical (unpaired) electrons. The fourth-order valence-electron chi connectivity index (χ4n) is 3.60. The number of benzene rings is 2. The van der Waals surface area contributed by atoms with Gasteiger partial charge in [0.15, 0.2) is 0 Å². The summed E-state index contributed by atoms with van der Waals surface area (Å²) in [5.41, 5.74) is 8.54. The van der Waals surface area contributed by atoms with Crippen molar-refractivity contribution in [2.45, 2.75) is 65.2 Å². The third-order valence-electron chi connectivity index (χ3n) is 5.19. The second-order valence-corrected chi connectivity index (χ2v) is 12.1. The zero-order chi connectivity index (χ0) is 20.6. The van der Waals surface area contributed by atoms with Crippen LogP contribution in [0.1, 0.15) is 76.5 Å². The molecule has 0 bridgehead atoms. The van der Waals surface area contributed by atoms with Gasteiger partial charge in [-0.25, -0.2) is 0 Å². The van der Waals surface area contributed by atoms with Gasteiger partial charge in [-0.1, -0.05) is 101 Å². The van der Waals surface area contributed by atoms with E-state index in [1.54, 1.807) is 0 Å². The van der Waals surface area contributed by atoms with Crippen LogP contribution in [0.3, 0.4) is 0 Å². The van der Waals surface area contributed by atoms with Crippen LogP contribution in [0.15, 0.2) is 48.0 Å². The Morgan fingerprint density at radius 1 is 0.893 bits per heavy atom. The Bertz CT molecular complexity index is 770. The van der Waals surface area contributed by atoms with Crippen LogP contribution in [0.5, 0.6) is 0 Å². The first kappa shape index (κ1) is 23.9. The van der Waals surface area contributed by atoms with Gasteiger partial charge in [0.05, 0.1) is 0 Å². The van der Waals surface area contributed by atoms with Gasteiger partial charge in [0, 0.05) is 6.42 Å². The van der Waals surface area contributed by atoms with Crippen LogP contribution in [0.25, 0.3) is 17.2 Å². The van der Waals surface area contributed by atoms with E-state index in [4.69, 9.17) is 17.0 Å². The Labute approximate surface area is 190 Å². The number of allylic oxidation sites excluding steroid dienone is 1. The molecular formula is C25H31Cl2Zr. The van der Waals surface area contributed by atoms with E-state index in [1.807, 2.05) is 0 Å². The monoisotopic (exact) mass is 491 g/mol. The third-order valence-corrected chi connectivity index (χ3v) is 5.19. The third kappa shape index (κ3) is 6.86. The van der Waals surface area contributed by atoms with E-state index in [0.29, 0.717) is 0 Å². The second-order valence-electron chi connectivity index (χ2n) is 8.38. The summed E-state index contributed by atoms with van der Waals surface area (Å²) < 4.78 is 0. The Morgan fingerprint density at radius 3 is 2.18 bits per heavy atom. The molecule has 0 amide bonds. The maximum absolute atomic E-state index is 4.93. The molecule has 28 heavy (non-hydrogen) atoms. The van der Waals surface area contributed by atoms with E-state index in [-0.39, 0.29) is 5.41 Å². The summed E-state index contributed by atoms with van der Waals surface area (Å²) in [4.78, 5) is 0. The molecule has 1 aliphatic carbocycles. The van der Waals surface area contributed by atoms with Gasteiger partial charge in [-0.15, -0.1) is 0 Å². The van der Waals surface area contributed by atoms with Crippen molar-refractivity contribution in [3.8, 4) is 11.1 Å². The van der Waals surface area contributed by atoms with E-state index in [2.05, 4.69) is 82.7 Å². The van der Waals surface area contributed by atoms with Gasteiger partial charge in [0.25, 0.3) is 0 Å². The number of hydrogen-bond acceptors (Lipinski definition) is 0. The van der Waals surface area contributed by atoms with Crippen molar-refractivity contribution in [1.29, 1.82) is 0 Å². The normalized spacial score (nSPS) is 12.7. The molecule has 0 N–H and O–H groups in total. The van der Waals surface area contributed by atoms with Crippen molar-refractivity contribution in [2.24, 2.45) is 0 Å². The first-order valence-electron chi connectivity index (χ1n) is 10.2. The standard InChI is InChI=1S/C25H31.2ClH.Zr/c1-5-6-7-8-10-19-17-21-11-9-12-23(24(21)18-19)20-13-15-22(16-14-20)25(2,3)4;;;/h9,11-18H,5-8,10H2,1-4H3;2*1H;/q;;;+2/p-2. The van der Waals surface area contributed by atoms with E-state index >= 15 is 0 Å². The molecule has 2 aromatic rings. The molecule has 0 nitrogen and oxygen atoms in total. The first-order valence-corrected chi connectivity index (χ1v) is 16.5. The topological polar surface area (TPSA) is 0 Å². The maximum atomic E-state index is 4.93. The summed E-state index contributed by atoms with van der Waals surface area (Å²) >= 11 is -0.826. The molecule has 0 saturated heterocycles. The second kappa shape index (κ2) is 11.7. The van der Waals surface area contributed by atoms with Gasteiger partial charge in [-0.3, -0.25) is 0 Å². The van der Waals surface area contributed by atoms with Gasteiger partial charge < -0.3 is 0 Å². The van der Waals surface area contributed by atoms with E-state index in [0.717, 1.165) is 0 Å². The number of unbranched alkanes of at least 4 members (excludes halogenated alkanes) is 3. The summed E-state index contributed by atoms with van der Waals surface area (Å²) in [5.74, 6) is 0. The average Bonchev–Trinajstić information content (AvgIpc) is 3.08. The Balaban J connectivity index is 0.000000878. The molecule has 3 rings (SSSR count). The minimum absolute atomic E-state index is 0.205. The van der Waals surface area contributed by atoms with Gasteiger partial charge in [0.2, 0.25) is 0 Å². The van der Waals surface area contributed by atoms with Crippen molar-refractivity contribution in [3.05, 3.63) is 71.1 Å². The summed E-state index contributed by atoms with van der Waals surface area (Å²) in [6.07, 6.45) is 11.3. The van der Waals surface area contributed by atoms with Crippen LogP contribution < -0.4 is 0 Å². The minimum atomic E-state index is -0.826. The predicted octanol–water partition coefficient (Wildman–Crippen LogP) is 8.95. The van der Waals surface area contributed by atoms with Crippen molar-refractivity contribution < 1.29 is 20.8 Å². The number of halogens is 2. The predicted molar refractivity (Wildman–Crippen MR) is 122 cm³/mol. The van der Waals surface area contributed by atoms with Crippen molar-refractivity contribution in [3.63, 3.8) is 0 Å². The SMILES string of the molecule is CCCCCCC1=Cc2c(cccc2-c2ccc(C(C)(C)C)cc2)[CH]1.[Cl][Zr][Cl].